The molecule has 0 saturated heterocycles. The summed E-state index contributed by atoms with van der Waals surface area (Å²) < 4.78 is 15.8. The number of carbonyl (C=O) groups excluding carboxylic acids is 2. The highest BCUT2D eigenvalue weighted by Gasteiger charge is 2.31. The lowest BCUT2D eigenvalue weighted by Crippen LogP contribution is -2.36. The largest absolute Gasteiger partial charge is 0.493 e. The maximum atomic E-state index is 12.1. The SMILES string of the molecule is COC(=O)C[C@H]1c2cc(OC)c(OC)cc2CCN1Cc1ccc(C(N)=O)cc1. The molecule has 0 saturated carbocycles. The number of rotatable bonds is 7. The zero-order chi connectivity index (χ0) is 21.0. The Hall–Kier alpha value is -3.06. The number of benzene rings is 2. The molecule has 2 N–H and O–H groups in total. The molecule has 29 heavy (non-hydrogen) atoms. The molecule has 2 aromatic carbocycles. The molecule has 0 spiro atoms. The van der Waals surface area contributed by atoms with Gasteiger partial charge in [0.2, 0.25) is 5.91 Å². The van der Waals surface area contributed by atoms with Crippen molar-refractivity contribution in [2.45, 2.75) is 25.4 Å². The Bertz CT molecular complexity index is 895. The summed E-state index contributed by atoms with van der Waals surface area (Å²) in [6, 6.07) is 11.0. The summed E-state index contributed by atoms with van der Waals surface area (Å²) in [4.78, 5) is 25.7. The first-order valence-corrected chi connectivity index (χ1v) is 9.41. The van der Waals surface area contributed by atoms with Crippen molar-refractivity contribution in [2.75, 3.05) is 27.9 Å². The number of amides is 1. The summed E-state index contributed by atoms with van der Waals surface area (Å²) in [7, 11) is 4.61. The lowest BCUT2D eigenvalue weighted by Gasteiger charge is -2.37. The first-order valence-electron chi connectivity index (χ1n) is 9.41. The second kappa shape index (κ2) is 8.96. The number of hydrogen-bond donors (Lipinski definition) is 1. The zero-order valence-corrected chi connectivity index (χ0v) is 16.9. The maximum absolute atomic E-state index is 12.1. The molecule has 0 fully saturated rings. The molecule has 7 nitrogen and oxygen atoms in total. The van der Waals surface area contributed by atoms with Gasteiger partial charge in [0.05, 0.1) is 27.8 Å². The van der Waals surface area contributed by atoms with Gasteiger partial charge < -0.3 is 19.9 Å². The van der Waals surface area contributed by atoms with Gasteiger partial charge in [0, 0.05) is 24.7 Å². The van der Waals surface area contributed by atoms with Crippen molar-refractivity contribution in [1.82, 2.24) is 4.90 Å². The highest BCUT2D eigenvalue weighted by atomic mass is 16.5. The fourth-order valence-electron chi connectivity index (χ4n) is 3.76. The van der Waals surface area contributed by atoms with Crippen LogP contribution in [-0.4, -0.2) is 44.7 Å². The van der Waals surface area contributed by atoms with E-state index in [9.17, 15) is 9.59 Å². The number of nitrogens with two attached hydrogens (primary N) is 1. The first-order chi connectivity index (χ1) is 14.0. The van der Waals surface area contributed by atoms with E-state index in [0.717, 1.165) is 29.7 Å². The van der Waals surface area contributed by atoms with E-state index in [1.54, 1.807) is 26.4 Å². The molecule has 0 bridgehead atoms. The molecule has 7 heteroatoms. The van der Waals surface area contributed by atoms with Crippen molar-refractivity contribution in [1.29, 1.82) is 0 Å². The highest BCUT2D eigenvalue weighted by Crippen LogP contribution is 2.40. The van der Waals surface area contributed by atoms with Crippen LogP contribution in [0.2, 0.25) is 0 Å². The van der Waals surface area contributed by atoms with Gasteiger partial charge in [-0.05, 0) is 47.4 Å². The van der Waals surface area contributed by atoms with Crippen LogP contribution in [0.5, 0.6) is 11.5 Å². The summed E-state index contributed by atoms with van der Waals surface area (Å²) in [6.07, 6.45) is 1.06. The van der Waals surface area contributed by atoms with Crippen molar-refractivity contribution < 1.29 is 23.8 Å². The predicted octanol–water partition coefficient (Wildman–Crippen LogP) is 2.47. The number of esters is 1. The zero-order valence-electron chi connectivity index (χ0n) is 16.9. The molecular weight excluding hydrogens is 372 g/mol. The Balaban J connectivity index is 1.93. The van der Waals surface area contributed by atoms with Gasteiger partial charge >= 0.3 is 5.97 Å². The molecule has 1 amide bonds. The molecule has 0 unspecified atom stereocenters. The summed E-state index contributed by atoms with van der Waals surface area (Å²) in [5, 5.41) is 0. The minimum Gasteiger partial charge on any atom is -0.493 e. The maximum Gasteiger partial charge on any atom is 0.307 e. The summed E-state index contributed by atoms with van der Waals surface area (Å²) in [5.41, 5.74) is 9.00. The lowest BCUT2D eigenvalue weighted by molar-refractivity contribution is -0.142. The van der Waals surface area contributed by atoms with Crippen molar-refractivity contribution >= 4 is 11.9 Å². The van der Waals surface area contributed by atoms with E-state index in [0.29, 0.717) is 23.6 Å². The van der Waals surface area contributed by atoms with E-state index in [-0.39, 0.29) is 18.4 Å². The van der Waals surface area contributed by atoms with E-state index >= 15 is 0 Å². The van der Waals surface area contributed by atoms with Crippen LogP contribution < -0.4 is 15.2 Å². The van der Waals surface area contributed by atoms with Crippen molar-refractivity contribution in [3.63, 3.8) is 0 Å². The van der Waals surface area contributed by atoms with Crippen molar-refractivity contribution in [3.8, 4) is 11.5 Å². The Morgan fingerprint density at radius 1 is 1.07 bits per heavy atom. The average Bonchev–Trinajstić information content (AvgIpc) is 2.74. The summed E-state index contributed by atoms with van der Waals surface area (Å²) in [6.45, 7) is 1.41. The molecule has 0 aromatic heterocycles. The van der Waals surface area contributed by atoms with E-state index in [2.05, 4.69) is 4.90 Å². The van der Waals surface area contributed by atoms with Gasteiger partial charge in [-0.3, -0.25) is 14.5 Å². The van der Waals surface area contributed by atoms with Crippen LogP contribution in [0.1, 0.15) is 39.5 Å². The Morgan fingerprint density at radius 2 is 1.72 bits per heavy atom. The number of carbonyl (C=O) groups is 2. The standard InChI is InChI=1S/C22H26N2O5/c1-27-19-10-16-8-9-24(13-14-4-6-15(7-5-14)22(23)26)18(12-21(25)29-3)17(16)11-20(19)28-2/h4-7,10-11,18H,8-9,12-13H2,1-3H3,(H2,23,26)/t18-/m0/s1. The number of ether oxygens (including phenoxy) is 3. The number of methoxy groups -OCH3 is 3. The Kier molecular flexibility index (Phi) is 6.39. The Labute approximate surface area is 170 Å². The number of hydrogen-bond acceptors (Lipinski definition) is 6. The van der Waals surface area contributed by atoms with E-state index in [1.165, 1.54) is 7.11 Å². The van der Waals surface area contributed by atoms with Crippen LogP contribution in [0, 0.1) is 0 Å². The molecule has 154 valence electrons. The molecule has 2 aromatic rings. The van der Waals surface area contributed by atoms with Gasteiger partial charge in [0.1, 0.15) is 0 Å². The van der Waals surface area contributed by atoms with E-state index in [4.69, 9.17) is 19.9 Å². The normalized spacial score (nSPS) is 16.0. The second-order valence-electron chi connectivity index (χ2n) is 6.98. The van der Waals surface area contributed by atoms with Gasteiger partial charge in [-0.1, -0.05) is 12.1 Å². The number of nitrogens with zero attached hydrogens (tertiary/aromatic N) is 1. The quantitative estimate of drug-likeness (QED) is 0.721. The third kappa shape index (κ3) is 4.51. The third-order valence-corrected chi connectivity index (χ3v) is 5.33. The van der Waals surface area contributed by atoms with Crippen LogP contribution in [0.4, 0.5) is 0 Å². The fraction of sp³-hybridized carbons (Fsp3) is 0.364. The van der Waals surface area contributed by atoms with Crippen LogP contribution in [0.25, 0.3) is 0 Å². The van der Waals surface area contributed by atoms with Gasteiger partial charge in [-0.2, -0.15) is 0 Å². The average molecular weight is 398 g/mol. The lowest BCUT2D eigenvalue weighted by atomic mass is 9.89. The minimum atomic E-state index is -0.451. The Morgan fingerprint density at radius 3 is 2.31 bits per heavy atom. The molecule has 1 aliphatic rings. The van der Waals surface area contributed by atoms with Crippen LogP contribution in [-0.2, 0) is 22.5 Å². The van der Waals surface area contributed by atoms with Gasteiger partial charge in [0.15, 0.2) is 11.5 Å². The monoisotopic (exact) mass is 398 g/mol. The molecule has 1 aliphatic heterocycles. The minimum absolute atomic E-state index is 0.151. The van der Waals surface area contributed by atoms with Crippen LogP contribution in [0.3, 0.4) is 0 Å². The first kappa shape index (κ1) is 20.7. The van der Waals surface area contributed by atoms with E-state index < -0.39 is 5.91 Å². The van der Waals surface area contributed by atoms with Gasteiger partial charge in [0.25, 0.3) is 0 Å². The summed E-state index contributed by atoms with van der Waals surface area (Å²) >= 11 is 0. The van der Waals surface area contributed by atoms with Gasteiger partial charge in [-0.15, -0.1) is 0 Å². The van der Waals surface area contributed by atoms with Gasteiger partial charge in [-0.25, -0.2) is 0 Å². The second-order valence-corrected chi connectivity index (χ2v) is 6.98. The molecule has 3 rings (SSSR count). The molecule has 0 radical (unpaired) electrons. The topological polar surface area (TPSA) is 91.1 Å². The number of primary amides is 1. The fourth-order valence-corrected chi connectivity index (χ4v) is 3.76. The third-order valence-electron chi connectivity index (χ3n) is 5.33. The molecular formula is C22H26N2O5. The molecule has 1 atom stereocenters. The highest BCUT2D eigenvalue weighted by molar-refractivity contribution is 5.92. The molecule has 1 heterocycles. The molecule has 0 aliphatic carbocycles. The van der Waals surface area contributed by atoms with Crippen molar-refractivity contribution in [2.24, 2.45) is 5.73 Å². The predicted molar refractivity (Wildman–Crippen MR) is 108 cm³/mol. The van der Waals surface area contributed by atoms with Crippen LogP contribution >= 0.6 is 0 Å². The number of fused-ring (bicyclic) bond motifs is 1. The van der Waals surface area contributed by atoms with Crippen LogP contribution in [0.15, 0.2) is 36.4 Å². The summed E-state index contributed by atoms with van der Waals surface area (Å²) in [5.74, 6) is 0.590. The smallest absolute Gasteiger partial charge is 0.307 e. The van der Waals surface area contributed by atoms with Crippen molar-refractivity contribution in [3.05, 3.63) is 58.7 Å². The van der Waals surface area contributed by atoms with E-state index in [1.807, 2.05) is 24.3 Å².